The molecule has 4 aliphatic carbocycles. The van der Waals surface area contributed by atoms with Gasteiger partial charge in [0.1, 0.15) is 18.0 Å². The molecule has 8 heteroatoms. The zero-order valence-electron chi connectivity index (χ0n) is 20.7. The van der Waals surface area contributed by atoms with Gasteiger partial charge in [0.05, 0.1) is 16.2 Å². The highest BCUT2D eigenvalue weighted by Crippen LogP contribution is 2.50. The van der Waals surface area contributed by atoms with Crippen molar-refractivity contribution in [2.45, 2.75) is 69.6 Å². The van der Waals surface area contributed by atoms with Gasteiger partial charge in [0.2, 0.25) is 11.8 Å². The summed E-state index contributed by atoms with van der Waals surface area (Å²) in [6, 6.07) is 7.05. The van der Waals surface area contributed by atoms with E-state index in [9.17, 15) is 19.8 Å². The molecule has 3 fully saturated rings. The number of benzene rings is 1. The molecule has 1 aromatic carbocycles. The third-order valence-electron chi connectivity index (χ3n) is 8.51. The van der Waals surface area contributed by atoms with Gasteiger partial charge < -0.3 is 25.2 Å². The van der Waals surface area contributed by atoms with E-state index in [-0.39, 0.29) is 31.4 Å². The third kappa shape index (κ3) is 5.91. The first-order chi connectivity index (χ1) is 17.4. The summed E-state index contributed by atoms with van der Waals surface area (Å²) in [7, 11) is 0. The van der Waals surface area contributed by atoms with Crippen LogP contribution in [0.3, 0.4) is 0 Å². The lowest BCUT2D eigenvalue weighted by Gasteiger charge is -2.41. The van der Waals surface area contributed by atoms with E-state index < -0.39 is 18.2 Å². The first kappa shape index (κ1) is 26.0. The van der Waals surface area contributed by atoms with E-state index in [4.69, 9.17) is 4.74 Å². The molecule has 1 aromatic rings. The van der Waals surface area contributed by atoms with Crippen LogP contribution in [0.15, 0.2) is 35.9 Å². The number of hydrogen-bond acceptors (Lipinski definition) is 5. The van der Waals surface area contributed by atoms with Crippen LogP contribution >= 0.6 is 22.6 Å². The molecule has 0 saturated heterocycles. The number of carbonyl (C=O) groups is 2. The van der Waals surface area contributed by atoms with E-state index in [0.717, 1.165) is 28.8 Å². The Morgan fingerprint density at radius 1 is 1.14 bits per heavy atom. The summed E-state index contributed by atoms with van der Waals surface area (Å²) in [5.41, 5.74) is 0.489. The van der Waals surface area contributed by atoms with Crippen LogP contribution < -0.4 is 10.1 Å². The average Bonchev–Trinajstić information content (AvgIpc) is 3.46. The van der Waals surface area contributed by atoms with Crippen LogP contribution in [-0.2, 0) is 9.59 Å². The Hall–Kier alpha value is -1.65. The lowest BCUT2D eigenvalue weighted by atomic mass is 9.84. The van der Waals surface area contributed by atoms with Crippen LogP contribution in [0.2, 0.25) is 0 Å². The highest BCUT2D eigenvalue weighted by atomic mass is 127. The second kappa shape index (κ2) is 11.4. The molecule has 5 rings (SSSR count). The number of para-hydroxylation sites is 1. The summed E-state index contributed by atoms with van der Waals surface area (Å²) in [6.07, 6.45) is 7.94. The van der Waals surface area contributed by atoms with E-state index in [1.807, 2.05) is 29.2 Å². The van der Waals surface area contributed by atoms with E-state index in [1.54, 1.807) is 6.08 Å². The molecule has 196 valence electrons. The maximum Gasteiger partial charge on any atom is 0.247 e. The van der Waals surface area contributed by atoms with Gasteiger partial charge in [0.15, 0.2) is 0 Å². The molecular weight excluding hydrogens is 571 g/mol. The minimum Gasteiger partial charge on any atom is -0.482 e. The van der Waals surface area contributed by atoms with Gasteiger partial charge in [-0.1, -0.05) is 18.6 Å². The Balaban J connectivity index is 1.38. The van der Waals surface area contributed by atoms with Crippen LogP contribution in [0.25, 0.3) is 0 Å². The number of aliphatic hydroxyl groups excluding tert-OH is 2. The molecule has 6 atom stereocenters. The van der Waals surface area contributed by atoms with Crippen molar-refractivity contribution in [2.75, 3.05) is 19.7 Å². The van der Waals surface area contributed by atoms with Crippen molar-refractivity contribution < 1.29 is 24.5 Å². The SMILES string of the molecule is O=C(NCCO)C1=CC(Oc2ccccc2I)C(O)C(N(CC2CC2)C(=O)CC2CC3CCC2C3)C1. The molecule has 0 radical (unpaired) electrons. The number of rotatable bonds is 10. The number of carbonyl (C=O) groups excluding carboxylic acids is 2. The number of halogens is 1. The van der Waals surface area contributed by atoms with Gasteiger partial charge in [0, 0.05) is 31.5 Å². The molecule has 3 saturated carbocycles. The summed E-state index contributed by atoms with van der Waals surface area (Å²) >= 11 is 2.19. The minimum absolute atomic E-state index is 0.105. The van der Waals surface area contributed by atoms with Crippen molar-refractivity contribution in [3.8, 4) is 5.75 Å². The summed E-state index contributed by atoms with van der Waals surface area (Å²) in [5.74, 6) is 2.80. The predicted molar refractivity (Wildman–Crippen MR) is 144 cm³/mol. The quantitative estimate of drug-likeness (QED) is 0.355. The number of nitrogens with one attached hydrogen (secondary N) is 1. The van der Waals surface area contributed by atoms with Crippen molar-refractivity contribution in [1.29, 1.82) is 0 Å². The van der Waals surface area contributed by atoms with Crippen LogP contribution in [0.4, 0.5) is 0 Å². The van der Waals surface area contributed by atoms with Crippen LogP contribution in [0.1, 0.15) is 51.4 Å². The molecule has 0 aromatic heterocycles. The molecule has 0 heterocycles. The highest BCUT2D eigenvalue weighted by molar-refractivity contribution is 14.1. The van der Waals surface area contributed by atoms with Gasteiger partial charge in [-0.15, -0.1) is 0 Å². The van der Waals surface area contributed by atoms with Crippen molar-refractivity contribution in [3.63, 3.8) is 0 Å². The number of ether oxygens (including phenoxy) is 1. The van der Waals surface area contributed by atoms with Gasteiger partial charge in [0.25, 0.3) is 0 Å². The van der Waals surface area contributed by atoms with Gasteiger partial charge >= 0.3 is 0 Å². The molecule has 0 spiro atoms. The van der Waals surface area contributed by atoms with E-state index in [2.05, 4.69) is 27.9 Å². The summed E-state index contributed by atoms with van der Waals surface area (Å²) in [6.45, 7) is 0.631. The summed E-state index contributed by atoms with van der Waals surface area (Å²) in [5, 5.41) is 23.4. The fourth-order valence-corrected chi connectivity index (χ4v) is 6.95. The van der Waals surface area contributed by atoms with Crippen LogP contribution in [-0.4, -0.2) is 64.9 Å². The number of nitrogens with zero attached hydrogens (tertiary/aromatic N) is 1. The van der Waals surface area contributed by atoms with Crippen LogP contribution in [0, 0.1) is 27.2 Å². The smallest absolute Gasteiger partial charge is 0.247 e. The number of hydrogen-bond donors (Lipinski definition) is 3. The standard InChI is InChI=1S/C28H37IN2O5/c29-22-3-1-2-4-24(22)36-25-14-21(28(35)30-9-10-32)13-23(27(25)34)31(16-17-5-6-17)26(33)15-20-12-18-7-8-19(20)11-18/h1-4,14,17-20,23,25,27,32,34H,5-13,15-16H2,(H,30,35). The maximum absolute atomic E-state index is 13.8. The maximum atomic E-state index is 13.8. The van der Waals surface area contributed by atoms with E-state index in [1.165, 1.54) is 19.3 Å². The fourth-order valence-electron chi connectivity index (χ4n) is 6.44. The minimum atomic E-state index is -0.946. The normalized spacial score (nSPS) is 31.1. The molecule has 36 heavy (non-hydrogen) atoms. The lowest BCUT2D eigenvalue weighted by Crippen LogP contribution is -2.55. The number of aliphatic hydroxyl groups is 2. The summed E-state index contributed by atoms with van der Waals surface area (Å²) in [4.78, 5) is 28.6. The molecular formula is C28H37IN2O5. The molecule has 0 aliphatic heterocycles. The van der Waals surface area contributed by atoms with Gasteiger partial charge in [-0.25, -0.2) is 0 Å². The van der Waals surface area contributed by atoms with Crippen molar-refractivity contribution in [2.24, 2.45) is 23.7 Å². The predicted octanol–water partition coefficient (Wildman–Crippen LogP) is 3.27. The average molecular weight is 609 g/mol. The van der Waals surface area contributed by atoms with Crippen LogP contribution in [0.5, 0.6) is 5.75 Å². The Kier molecular flexibility index (Phi) is 8.22. The van der Waals surface area contributed by atoms with Gasteiger partial charge in [-0.3, -0.25) is 9.59 Å². The fraction of sp³-hybridized carbons (Fsp3) is 0.643. The summed E-state index contributed by atoms with van der Waals surface area (Å²) < 4.78 is 7.15. The Morgan fingerprint density at radius 2 is 1.94 bits per heavy atom. The first-order valence-corrected chi connectivity index (χ1v) is 14.5. The molecule has 6 unspecified atom stereocenters. The molecule has 7 nitrogen and oxygen atoms in total. The Bertz CT molecular complexity index is 996. The second-order valence-corrected chi connectivity index (χ2v) is 12.2. The van der Waals surface area contributed by atoms with Crippen molar-refractivity contribution in [1.82, 2.24) is 10.2 Å². The zero-order chi connectivity index (χ0) is 25.2. The Morgan fingerprint density at radius 3 is 2.61 bits per heavy atom. The first-order valence-electron chi connectivity index (χ1n) is 13.4. The van der Waals surface area contributed by atoms with Crippen molar-refractivity contribution in [3.05, 3.63) is 39.5 Å². The van der Waals surface area contributed by atoms with Gasteiger partial charge in [-0.2, -0.15) is 0 Å². The Labute approximate surface area is 226 Å². The van der Waals surface area contributed by atoms with E-state index in [0.29, 0.717) is 42.0 Å². The molecule has 2 bridgehead atoms. The third-order valence-corrected chi connectivity index (χ3v) is 9.40. The van der Waals surface area contributed by atoms with Gasteiger partial charge in [-0.05, 0) is 96.6 Å². The lowest BCUT2D eigenvalue weighted by molar-refractivity contribution is -0.140. The highest BCUT2D eigenvalue weighted by Gasteiger charge is 2.45. The zero-order valence-corrected chi connectivity index (χ0v) is 22.8. The topological polar surface area (TPSA) is 99.1 Å². The number of fused-ring (bicyclic) bond motifs is 2. The molecule has 4 aliphatic rings. The van der Waals surface area contributed by atoms with Crippen molar-refractivity contribution >= 4 is 34.4 Å². The monoisotopic (exact) mass is 608 g/mol. The molecule has 3 N–H and O–H groups in total. The van der Waals surface area contributed by atoms with E-state index >= 15 is 0 Å². The largest absolute Gasteiger partial charge is 0.482 e. The molecule has 2 amide bonds. The second-order valence-electron chi connectivity index (χ2n) is 11.1. The number of amides is 2.